The first kappa shape index (κ1) is 9.64. The van der Waals surface area contributed by atoms with Gasteiger partial charge >= 0.3 is 0 Å². The predicted octanol–water partition coefficient (Wildman–Crippen LogP) is 0.896. The Balaban J connectivity index is 2.32. The fourth-order valence-corrected chi connectivity index (χ4v) is 1.33. The normalized spacial score (nSPS) is 10.5. The number of hydrogen-bond donors (Lipinski definition) is 0. The van der Waals surface area contributed by atoms with E-state index < -0.39 is 0 Å². The Morgan fingerprint density at radius 1 is 1.40 bits per heavy atom. The minimum absolute atomic E-state index is 0.0339. The Kier molecular flexibility index (Phi) is 2.37. The van der Waals surface area contributed by atoms with Crippen molar-refractivity contribution in [2.45, 2.75) is 20.4 Å². The van der Waals surface area contributed by atoms with E-state index in [1.54, 1.807) is 30.7 Å². The molecule has 2 aromatic heterocycles. The molecule has 0 spiro atoms. The van der Waals surface area contributed by atoms with Crippen LogP contribution in [0.4, 0.5) is 0 Å². The lowest BCUT2D eigenvalue weighted by molar-refractivity contribution is 0.451. The van der Waals surface area contributed by atoms with E-state index in [-0.39, 0.29) is 5.56 Å². The molecule has 0 aliphatic heterocycles. The molecular formula is C10H11N3O2. The molecule has 0 amide bonds. The second-order valence-electron chi connectivity index (χ2n) is 3.34. The lowest BCUT2D eigenvalue weighted by Gasteiger charge is -2.01. The van der Waals surface area contributed by atoms with Crippen LogP contribution < -0.4 is 5.56 Å². The van der Waals surface area contributed by atoms with Crippen molar-refractivity contribution in [2.24, 2.45) is 0 Å². The molecule has 2 aromatic rings. The summed E-state index contributed by atoms with van der Waals surface area (Å²) in [5, 5.41) is 7.54. The number of aryl methyl sites for hydroxylation is 2. The number of hydrogen-bond acceptors (Lipinski definition) is 4. The molecule has 2 heterocycles. The quantitative estimate of drug-likeness (QED) is 0.730. The maximum atomic E-state index is 11.7. The Morgan fingerprint density at radius 3 is 2.87 bits per heavy atom. The standard InChI is InChI=1S/C10H11N3O2/c1-7-4-3-5-13(10(7)14)6-9-12-11-8(2)15-9/h3-5H,6H2,1-2H3. The smallest absolute Gasteiger partial charge is 0.253 e. The Morgan fingerprint density at radius 2 is 2.20 bits per heavy atom. The maximum absolute atomic E-state index is 11.7. The molecule has 15 heavy (non-hydrogen) atoms. The van der Waals surface area contributed by atoms with Crippen LogP contribution in [0.15, 0.2) is 27.5 Å². The van der Waals surface area contributed by atoms with Crippen LogP contribution in [0.2, 0.25) is 0 Å². The summed E-state index contributed by atoms with van der Waals surface area (Å²) < 4.78 is 6.74. The molecule has 5 heteroatoms. The van der Waals surface area contributed by atoms with Gasteiger partial charge in [-0.1, -0.05) is 6.07 Å². The van der Waals surface area contributed by atoms with Crippen molar-refractivity contribution in [1.29, 1.82) is 0 Å². The third kappa shape index (κ3) is 1.96. The van der Waals surface area contributed by atoms with Gasteiger partial charge in [-0.15, -0.1) is 10.2 Å². The van der Waals surface area contributed by atoms with Gasteiger partial charge in [0.25, 0.3) is 5.56 Å². The Labute approximate surface area is 86.4 Å². The van der Waals surface area contributed by atoms with Crippen molar-refractivity contribution >= 4 is 0 Å². The first-order valence-corrected chi connectivity index (χ1v) is 4.62. The number of nitrogens with zero attached hydrogens (tertiary/aromatic N) is 3. The van der Waals surface area contributed by atoms with E-state index in [0.29, 0.717) is 23.9 Å². The monoisotopic (exact) mass is 205 g/mol. The summed E-state index contributed by atoms with van der Waals surface area (Å²) in [7, 11) is 0. The van der Waals surface area contributed by atoms with Gasteiger partial charge in [-0.3, -0.25) is 4.79 Å². The molecule has 2 rings (SSSR count). The number of rotatable bonds is 2. The van der Waals surface area contributed by atoms with Crippen LogP contribution in [0.3, 0.4) is 0 Å². The van der Waals surface area contributed by atoms with Crippen LogP contribution in [0.25, 0.3) is 0 Å². The highest BCUT2D eigenvalue weighted by molar-refractivity contribution is 5.08. The van der Waals surface area contributed by atoms with E-state index in [2.05, 4.69) is 10.2 Å². The average Bonchev–Trinajstić information content (AvgIpc) is 2.59. The molecular weight excluding hydrogens is 194 g/mol. The van der Waals surface area contributed by atoms with Crippen LogP contribution in [0, 0.1) is 13.8 Å². The lowest BCUT2D eigenvalue weighted by Crippen LogP contribution is -2.21. The second-order valence-corrected chi connectivity index (χ2v) is 3.34. The molecule has 0 aromatic carbocycles. The lowest BCUT2D eigenvalue weighted by atomic mass is 10.3. The second kappa shape index (κ2) is 3.68. The van der Waals surface area contributed by atoms with Gasteiger partial charge in [-0.2, -0.15) is 0 Å². The molecule has 0 saturated carbocycles. The van der Waals surface area contributed by atoms with Crippen molar-refractivity contribution in [2.75, 3.05) is 0 Å². The molecule has 0 fully saturated rings. The zero-order valence-electron chi connectivity index (χ0n) is 8.60. The van der Waals surface area contributed by atoms with E-state index in [1.165, 1.54) is 0 Å². The molecule has 0 N–H and O–H groups in total. The Hall–Kier alpha value is -1.91. The van der Waals surface area contributed by atoms with Gasteiger partial charge in [-0.25, -0.2) is 0 Å². The van der Waals surface area contributed by atoms with E-state index >= 15 is 0 Å². The highest BCUT2D eigenvalue weighted by Crippen LogP contribution is 1.99. The first-order chi connectivity index (χ1) is 7.16. The van der Waals surface area contributed by atoms with E-state index in [9.17, 15) is 4.79 Å². The molecule has 0 atom stereocenters. The molecule has 0 radical (unpaired) electrons. The van der Waals surface area contributed by atoms with Gasteiger partial charge < -0.3 is 8.98 Å². The van der Waals surface area contributed by atoms with Crippen molar-refractivity contribution in [3.05, 3.63) is 46.0 Å². The van der Waals surface area contributed by atoms with E-state index in [1.807, 2.05) is 6.07 Å². The van der Waals surface area contributed by atoms with Crippen LogP contribution in [-0.4, -0.2) is 14.8 Å². The van der Waals surface area contributed by atoms with Crippen molar-refractivity contribution in [3.8, 4) is 0 Å². The van der Waals surface area contributed by atoms with Gasteiger partial charge in [0.15, 0.2) is 0 Å². The summed E-state index contributed by atoms with van der Waals surface area (Å²) in [5.41, 5.74) is 0.669. The fraction of sp³-hybridized carbons (Fsp3) is 0.300. The molecule has 0 unspecified atom stereocenters. The van der Waals surface area contributed by atoms with Gasteiger partial charge in [-0.05, 0) is 13.0 Å². The SMILES string of the molecule is Cc1nnc(Cn2cccc(C)c2=O)o1. The van der Waals surface area contributed by atoms with Gasteiger partial charge in [0.2, 0.25) is 11.8 Å². The third-order valence-corrected chi connectivity index (χ3v) is 2.08. The minimum Gasteiger partial charge on any atom is -0.424 e. The predicted molar refractivity (Wildman–Crippen MR) is 53.6 cm³/mol. The summed E-state index contributed by atoms with van der Waals surface area (Å²) in [6.07, 6.45) is 1.70. The zero-order chi connectivity index (χ0) is 10.8. The first-order valence-electron chi connectivity index (χ1n) is 4.62. The van der Waals surface area contributed by atoms with Crippen LogP contribution in [0.5, 0.6) is 0 Å². The average molecular weight is 205 g/mol. The maximum Gasteiger partial charge on any atom is 0.253 e. The zero-order valence-corrected chi connectivity index (χ0v) is 8.60. The molecule has 78 valence electrons. The summed E-state index contributed by atoms with van der Waals surface area (Å²) in [4.78, 5) is 11.7. The summed E-state index contributed by atoms with van der Waals surface area (Å²) in [6.45, 7) is 3.81. The third-order valence-electron chi connectivity index (χ3n) is 2.08. The topological polar surface area (TPSA) is 60.9 Å². The summed E-state index contributed by atoms with van der Waals surface area (Å²) in [5.74, 6) is 0.950. The van der Waals surface area contributed by atoms with E-state index in [4.69, 9.17) is 4.42 Å². The number of aromatic nitrogens is 3. The minimum atomic E-state index is -0.0339. The molecule has 5 nitrogen and oxygen atoms in total. The van der Waals surface area contributed by atoms with Crippen LogP contribution in [-0.2, 0) is 6.54 Å². The van der Waals surface area contributed by atoms with E-state index in [0.717, 1.165) is 0 Å². The molecule has 0 aliphatic rings. The summed E-state index contributed by atoms with van der Waals surface area (Å²) in [6, 6.07) is 3.60. The summed E-state index contributed by atoms with van der Waals surface area (Å²) >= 11 is 0. The molecule has 0 saturated heterocycles. The van der Waals surface area contributed by atoms with Crippen molar-refractivity contribution in [3.63, 3.8) is 0 Å². The van der Waals surface area contributed by atoms with Gasteiger partial charge in [0.1, 0.15) is 6.54 Å². The molecule has 0 aliphatic carbocycles. The fourth-order valence-electron chi connectivity index (χ4n) is 1.33. The van der Waals surface area contributed by atoms with Gasteiger partial charge in [0, 0.05) is 18.7 Å². The van der Waals surface area contributed by atoms with Crippen LogP contribution in [0.1, 0.15) is 17.3 Å². The molecule has 0 bridgehead atoms. The van der Waals surface area contributed by atoms with Gasteiger partial charge in [0.05, 0.1) is 0 Å². The van der Waals surface area contributed by atoms with Crippen molar-refractivity contribution < 1.29 is 4.42 Å². The van der Waals surface area contributed by atoms with Crippen molar-refractivity contribution in [1.82, 2.24) is 14.8 Å². The Bertz CT molecular complexity index is 527. The highest BCUT2D eigenvalue weighted by Gasteiger charge is 2.05. The largest absolute Gasteiger partial charge is 0.424 e. The van der Waals surface area contributed by atoms with Crippen LogP contribution >= 0.6 is 0 Å². The highest BCUT2D eigenvalue weighted by atomic mass is 16.4. The number of pyridine rings is 1.